The number of nitrogens with zero attached hydrogens (tertiary/aromatic N) is 4. The molecule has 1 aliphatic carbocycles. The number of rotatable bonds is 5. The molecule has 0 atom stereocenters. The van der Waals surface area contributed by atoms with Crippen LogP contribution in [0.4, 0.5) is 0 Å². The first-order valence-corrected chi connectivity index (χ1v) is 8.97. The van der Waals surface area contributed by atoms with Crippen LogP contribution in [0, 0.1) is 0 Å². The molecule has 124 valence electrons. The van der Waals surface area contributed by atoms with Crippen LogP contribution in [0.5, 0.6) is 0 Å². The fraction of sp³-hybridized carbons (Fsp3) is 0.562. The molecule has 6 nitrogen and oxygen atoms in total. The van der Waals surface area contributed by atoms with E-state index in [1.165, 1.54) is 31.0 Å². The molecule has 7 heteroatoms. The lowest BCUT2D eigenvalue weighted by molar-refractivity contribution is -0.129. The molecule has 1 aliphatic rings. The molecule has 0 spiro atoms. The molecule has 0 aromatic carbocycles. The van der Waals surface area contributed by atoms with Crippen molar-refractivity contribution in [3.05, 3.63) is 18.4 Å². The summed E-state index contributed by atoms with van der Waals surface area (Å²) >= 11 is 1.42. The summed E-state index contributed by atoms with van der Waals surface area (Å²) in [4.78, 5) is 14.3. The molecule has 0 N–H and O–H groups in total. The lowest BCUT2D eigenvalue weighted by Crippen LogP contribution is -2.39. The SMILES string of the molecule is CN(C(=O)CSc1nnc(-c2ccco2)n1C)C1CCCCC1. The van der Waals surface area contributed by atoms with E-state index in [4.69, 9.17) is 4.42 Å². The first-order chi connectivity index (χ1) is 11.2. The molecule has 2 heterocycles. The van der Waals surface area contributed by atoms with Gasteiger partial charge >= 0.3 is 0 Å². The van der Waals surface area contributed by atoms with Gasteiger partial charge < -0.3 is 13.9 Å². The topological polar surface area (TPSA) is 64.2 Å². The maximum atomic E-state index is 12.4. The van der Waals surface area contributed by atoms with Gasteiger partial charge in [-0.2, -0.15) is 0 Å². The van der Waals surface area contributed by atoms with Gasteiger partial charge in [0, 0.05) is 20.1 Å². The van der Waals surface area contributed by atoms with Gasteiger partial charge in [0.25, 0.3) is 0 Å². The molecular formula is C16H22N4O2S. The number of carbonyl (C=O) groups excluding carboxylic acids is 1. The van der Waals surface area contributed by atoms with Crippen molar-refractivity contribution in [2.75, 3.05) is 12.8 Å². The van der Waals surface area contributed by atoms with E-state index in [2.05, 4.69) is 10.2 Å². The Kier molecular flexibility index (Phi) is 5.05. The zero-order valence-electron chi connectivity index (χ0n) is 13.6. The monoisotopic (exact) mass is 334 g/mol. The highest BCUT2D eigenvalue weighted by molar-refractivity contribution is 7.99. The molecule has 23 heavy (non-hydrogen) atoms. The van der Waals surface area contributed by atoms with Crippen molar-refractivity contribution in [3.63, 3.8) is 0 Å². The Morgan fingerprint density at radius 1 is 1.39 bits per heavy atom. The van der Waals surface area contributed by atoms with E-state index in [1.807, 2.05) is 35.7 Å². The van der Waals surface area contributed by atoms with E-state index >= 15 is 0 Å². The number of hydrogen-bond donors (Lipinski definition) is 0. The number of amides is 1. The van der Waals surface area contributed by atoms with Gasteiger partial charge in [0.15, 0.2) is 16.7 Å². The maximum Gasteiger partial charge on any atom is 0.233 e. The molecule has 2 aromatic rings. The Labute approximate surface area is 140 Å². The summed E-state index contributed by atoms with van der Waals surface area (Å²) in [6, 6.07) is 4.06. The summed E-state index contributed by atoms with van der Waals surface area (Å²) in [6.07, 6.45) is 7.61. The molecule has 0 radical (unpaired) electrons. The van der Waals surface area contributed by atoms with Crippen molar-refractivity contribution in [2.45, 2.75) is 43.3 Å². The van der Waals surface area contributed by atoms with E-state index in [1.54, 1.807) is 6.26 Å². The average Bonchev–Trinajstić information content (AvgIpc) is 3.22. The number of furan rings is 1. The second-order valence-electron chi connectivity index (χ2n) is 5.93. The zero-order valence-corrected chi connectivity index (χ0v) is 14.4. The Morgan fingerprint density at radius 2 is 2.17 bits per heavy atom. The molecule has 0 bridgehead atoms. The number of carbonyl (C=O) groups is 1. The maximum absolute atomic E-state index is 12.4. The van der Waals surface area contributed by atoms with Gasteiger partial charge in [0.05, 0.1) is 12.0 Å². The van der Waals surface area contributed by atoms with E-state index in [0.29, 0.717) is 23.4 Å². The van der Waals surface area contributed by atoms with Crippen molar-refractivity contribution >= 4 is 17.7 Å². The highest BCUT2D eigenvalue weighted by Gasteiger charge is 2.22. The highest BCUT2D eigenvalue weighted by atomic mass is 32.2. The van der Waals surface area contributed by atoms with Crippen molar-refractivity contribution in [1.82, 2.24) is 19.7 Å². The first-order valence-electron chi connectivity index (χ1n) is 7.98. The van der Waals surface area contributed by atoms with Crippen LogP contribution in [0.1, 0.15) is 32.1 Å². The van der Waals surface area contributed by atoms with Crippen LogP contribution in [0.2, 0.25) is 0 Å². The second-order valence-corrected chi connectivity index (χ2v) is 6.87. The van der Waals surface area contributed by atoms with Crippen molar-refractivity contribution < 1.29 is 9.21 Å². The van der Waals surface area contributed by atoms with Crippen LogP contribution in [0.3, 0.4) is 0 Å². The third-order valence-corrected chi connectivity index (χ3v) is 5.42. The van der Waals surface area contributed by atoms with Crippen LogP contribution in [0.25, 0.3) is 11.6 Å². The van der Waals surface area contributed by atoms with Gasteiger partial charge in [0.1, 0.15) is 0 Å². The zero-order chi connectivity index (χ0) is 16.2. The van der Waals surface area contributed by atoms with E-state index in [0.717, 1.165) is 18.0 Å². The summed E-state index contributed by atoms with van der Waals surface area (Å²) in [5, 5.41) is 9.03. The predicted octanol–water partition coefficient (Wildman–Crippen LogP) is 2.96. The van der Waals surface area contributed by atoms with E-state index in [-0.39, 0.29) is 5.91 Å². The largest absolute Gasteiger partial charge is 0.461 e. The Morgan fingerprint density at radius 3 is 2.87 bits per heavy atom. The van der Waals surface area contributed by atoms with Crippen molar-refractivity contribution in [1.29, 1.82) is 0 Å². The van der Waals surface area contributed by atoms with Gasteiger partial charge in [0.2, 0.25) is 5.91 Å². The summed E-state index contributed by atoms with van der Waals surface area (Å²) in [5.74, 6) is 1.89. The quantitative estimate of drug-likeness (QED) is 0.787. The van der Waals surface area contributed by atoms with E-state index in [9.17, 15) is 4.79 Å². The first kappa shape index (κ1) is 16.1. The lowest BCUT2D eigenvalue weighted by Gasteiger charge is -2.31. The third kappa shape index (κ3) is 3.60. The van der Waals surface area contributed by atoms with Crippen molar-refractivity contribution in [2.24, 2.45) is 7.05 Å². The fourth-order valence-corrected chi connectivity index (χ4v) is 3.80. The Hall–Kier alpha value is -1.76. The minimum Gasteiger partial charge on any atom is -0.461 e. The Balaban J connectivity index is 1.59. The van der Waals surface area contributed by atoms with Gasteiger partial charge in [-0.05, 0) is 25.0 Å². The van der Waals surface area contributed by atoms with Crippen LogP contribution in [-0.2, 0) is 11.8 Å². The van der Waals surface area contributed by atoms with Gasteiger partial charge in [-0.25, -0.2) is 0 Å². The van der Waals surface area contributed by atoms with Crippen LogP contribution < -0.4 is 0 Å². The number of thioether (sulfide) groups is 1. The summed E-state index contributed by atoms with van der Waals surface area (Å²) in [6.45, 7) is 0. The van der Waals surface area contributed by atoms with Crippen LogP contribution >= 0.6 is 11.8 Å². The number of aromatic nitrogens is 3. The molecule has 3 rings (SSSR count). The molecule has 0 aliphatic heterocycles. The number of hydrogen-bond acceptors (Lipinski definition) is 5. The van der Waals surface area contributed by atoms with Crippen molar-refractivity contribution in [3.8, 4) is 11.6 Å². The summed E-state index contributed by atoms with van der Waals surface area (Å²) in [7, 11) is 3.80. The summed E-state index contributed by atoms with van der Waals surface area (Å²) in [5.41, 5.74) is 0. The Bertz CT molecular complexity index is 647. The standard InChI is InChI=1S/C16H22N4O2S/c1-19(12-7-4-3-5-8-12)14(21)11-23-16-18-17-15(20(16)2)13-9-6-10-22-13/h6,9-10,12H,3-5,7-8,11H2,1-2H3. The molecule has 1 fully saturated rings. The van der Waals surface area contributed by atoms with Crippen LogP contribution in [0.15, 0.2) is 28.0 Å². The normalized spacial score (nSPS) is 15.7. The van der Waals surface area contributed by atoms with Crippen LogP contribution in [-0.4, -0.2) is 44.4 Å². The predicted molar refractivity (Wildman–Crippen MR) is 89.1 cm³/mol. The third-order valence-electron chi connectivity index (χ3n) is 4.42. The second kappa shape index (κ2) is 7.21. The van der Waals surface area contributed by atoms with Gasteiger partial charge in [-0.1, -0.05) is 31.0 Å². The average molecular weight is 334 g/mol. The smallest absolute Gasteiger partial charge is 0.233 e. The molecule has 1 amide bonds. The van der Waals surface area contributed by atoms with Gasteiger partial charge in [-0.15, -0.1) is 10.2 Å². The van der Waals surface area contributed by atoms with Gasteiger partial charge in [-0.3, -0.25) is 4.79 Å². The summed E-state index contributed by atoms with van der Waals surface area (Å²) < 4.78 is 7.21. The minimum absolute atomic E-state index is 0.157. The molecule has 1 saturated carbocycles. The van der Waals surface area contributed by atoms with E-state index < -0.39 is 0 Å². The lowest BCUT2D eigenvalue weighted by atomic mass is 9.94. The highest BCUT2D eigenvalue weighted by Crippen LogP contribution is 2.25. The molecule has 0 saturated heterocycles. The fourth-order valence-electron chi connectivity index (χ4n) is 2.96. The molecule has 2 aromatic heterocycles. The minimum atomic E-state index is 0.157. The molecule has 0 unspecified atom stereocenters. The molecular weight excluding hydrogens is 312 g/mol.